The molecule has 20 heavy (non-hydrogen) atoms. The van der Waals surface area contributed by atoms with Gasteiger partial charge in [-0.2, -0.15) is 21.6 Å². The minimum atomic E-state index is -5.59. The van der Waals surface area contributed by atoms with Crippen LogP contribution in [0.2, 0.25) is 13.1 Å². The number of nitrogens with zero attached hydrogens (tertiary/aromatic N) is 1. The van der Waals surface area contributed by atoms with Crippen molar-refractivity contribution in [3.63, 3.8) is 0 Å². The molecule has 114 valence electrons. The van der Waals surface area contributed by atoms with Crippen molar-refractivity contribution in [1.29, 1.82) is 0 Å². The van der Waals surface area contributed by atoms with Crippen molar-refractivity contribution < 1.29 is 25.5 Å². The van der Waals surface area contributed by atoms with Crippen molar-refractivity contribution in [1.82, 2.24) is 4.57 Å². The van der Waals surface area contributed by atoms with Crippen LogP contribution >= 0.6 is 12.2 Å². The molecule has 1 heterocycles. The molecule has 1 aromatic heterocycles. The molecular formula is C10H14F3NO3S2Si. The van der Waals surface area contributed by atoms with Gasteiger partial charge in [-0.25, -0.2) is 0 Å². The summed E-state index contributed by atoms with van der Waals surface area (Å²) in [6.45, 7) is 4.52. The van der Waals surface area contributed by atoms with Crippen LogP contribution in [0.4, 0.5) is 13.2 Å². The van der Waals surface area contributed by atoms with Crippen LogP contribution in [-0.4, -0.2) is 26.8 Å². The fraction of sp³-hybridized carbons (Fsp3) is 0.500. The number of aryl methyl sites for hydroxylation is 1. The molecule has 0 bridgehead atoms. The van der Waals surface area contributed by atoms with E-state index >= 15 is 0 Å². The maximum absolute atomic E-state index is 12.3. The molecule has 0 fully saturated rings. The zero-order valence-electron chi connectivity index (χ0n) is 11.1. The molecule has 1 rings (SSSR count). The number of hydrogen-bond donors (Lipinski definition) is 0. The van der Waals surface area contributed by atoms with Gasteiger partial charge in [0.05, 0.1) is 0 Å². The van der Waals surface area contributed by atoms with E-state index in [1.807, 2.05) is 0 Å². The molecule has 0 amide bonds. The molecule has 0 atom stereocenters. The van der Waals surface area contributed by atoms with Gasteiger partial charge in [-0.3, -0.25) is 0 Å². The van der Waals surface area contributed by atoms with E-state index in [4.69, 9.17) is 12.2 Å². The van der Waals surface area contributed by atoms with Gasteiger partial charge >= 0.3 is 15.6 Å². The summed E-state index contributed by atoms with van der Waals surface area (Å²) in [5.74, 6) is 0. The van der Waals surface area contributed by atoms with Gasteiger partial charge in [0.25, 0.3) is 0 Å². The van der Waals surface area contributed by atoms with Gasteiger partial charge in [0.2, 0.25) is 8.32 Å². The zero-order valence-corrected chi connectivity index (χ0v) is 13.7. The number of halogens is 3. The molecule has 0 aliphatic rings. The lowest BCUT2D eigenvalue weighted by Gasteiger charge is -2.25. The summed E-state index contributed by atoms with van der Waals surface area (Å²) in [6.07, 6.45) is 0.0216. The molecule has 0 saturated heterocycles. The predicted molar refractivity (Wildman–Crippen MR) is 73.5 cm³/mol. The average Bonchev–Trinajstić information content (AvgIpc) is 2.20. The Morgan fingerprint density at radius 2 is 1.90 bits per heavy atom. The Morgan fingerprint density at radius 3 is 2.35 bits per heavy atom. The molecular weight excluding hydrogens is 331 g/mol. The second-order valence-corrected chi connectivity index (χ2v) is 11.1. The lowest BCUT2D eigenvalue weighted by atomic mass is 10.4. The maximum Gasteiger partial charge on any atom is 0.522 e. The van der Waals surface area contributed by atoms with Crippen LogP contribution in [0.1, 0.15) is 5.69 Å². The first-order valence-electron chi connectivity index (χ1n) is 5.54. The Bertz CT molecular complexity index is 652. The van der Waals surface area contributed by atoms with Crippen molar-refractivity contribution in [2.45, 2.75) is 31.7 Å². The second-order valence-electron chi connectivity index (χ2n) is 4.83. The lowest BCUT2D eigenvalue weighted by Crippen LogP contribution is -2.43. The van der Waals surface area contributed by atoms with Gasteiger partial charge in [-0.1, -0.05) is 18.3 Å². The Hall–Kier alpha value is -0.713. The Balaban J connectivity index is 3.06. The summed E-state index contributed by atoms with van der Waals surface area (Å²) >= 11 is 5.08. The zero-order chi connectivity index (χ0) is 15.8. The van der Waals surface area contributed by atoms with Crippen LogP contribution in [0.5, 0.6) is 0 Å². The van der Waals surface area contributed by atoms with Crippen molar-refractivity contribution in [2.75, 3.05) is 0 Å². The Kier molecular flexibility index (Phi) is 4.84. The smallest absolute Gasteiger partial charge is 0.337 e. The summed E-state index contributed by atoms with van der Waals surface area (Å²) < 4.78 is 65.6. The van der Waals surface area contributed by atoms with Gasteiger partial charge in [-0.05, 0) is 32.2 Å². The van der Waals surface area contributed by atoms with Gasteiger partial charge in [0.1, 0.15) is 4.64 Å². The molecule has 10 heteroatoms. The molecule has 0 N–H and O–H groups in total. The molecule has 0 spiro atoms. The number of hydrogen-bond acceptors (Lipinski definition) is 4. The summed E-state index contributed by atoms with van der Waals surface area (Å²) in [6, 6.07) is 5.07. The fourth-order valence-electron chi connectivity index (χ4n) is 1.58. The van der Waals surface area contributed by atoms with E-state index in [1.165, 1.54) is 13.1 Å². The normalized spacial score (nSPS) is 13.5. The first-order valence-corrected chi connectivity index (χ1v) is 10.5. The van der Waals surface area contributed by atoms with Crippen molar-refractivity contribution in [3.8, 4) is 0 Å². The lowest BCUT2D eigenvalue weighted by molar-refractivity contribution is -0.0504. The number of pyridine rings is 1. The molecule has 0 aromatic carbocycles. The highest BCUT2D eigenvalue weighted by Gasteiger charge is 2.50. The fourth-order valence-corrected chi connectivity index (χ4v) is 6.13. The van der Waals surface area contributed by atoms with Crippen LogP contribution in [0.15, 0.2) is 18.2 Å². The first kappa shape index (κ1) is 17.3. The molecule has 0 aliphatic heterocycles. The highest BCUT2D eigenvalue weighted by atomic mass is 32.2. The summed E-state index contributed by atoms with van der Waals surface area (Å²) in [7, 11) is -8.75. The summed E-state index contributed by atoms with van der Waals surface area (Å²) in [4.78, 5) is 0. The van der Waals surface area contributed by atoms with Crippen molar-refractivity contribution >= 4 is 30.7 Å². The quantitative estimate of drug-likeness (QED) is 0.478. The number of alkyl halides is 3. The van der Waals surface area contributed by atoms with E-state index in [9.17, 15) is 21.6 Å². The number of rotatable bonds is 4. The minimum absolute atomic E-state index is 0.0216. The largest absolute Gasteiger partial charge is 0.522 e. The Morgan fingerprint density at radius 1 is 1.35 bits per heavy atom. The van der Waals surface area contributed by atoms with E-state index in [2.05, 4.69) is 3.87 Å². The van der Waals surface area contributed by atoms with Crippen molar-refractivity contribution in [2.24, 2.45) is 0 Å². The third-order valence-corrected chi connectivity index (χ3v) is 7.11. The first-order chi connectivity index (χ1) is 8.86. The standard InChI is InChI=1S/C10H14F3NO3S2Si/c1-8-5-4-6-9(18)14(8)7-20(2,3)17-19(15,16)10(11,12)13/h4-6H,7H2,1-3H3. The Labute approximate surface area is 121 Å². The summed E-state index contributed by atoms with van der Waals surface area (Å²) in [5, 5.41) is 0. The number of aromatic nitrogens is 1. The predicted octanol–water partition coefficient (Wildman–Crippen LogP) is 3.14. The average molecular weight is 345 g/mol. The van der Waals surface area contributed by atoms with E-state index < -0.39 is 23.9 Å². The van der Waals surface area contributed by atoms with Gasteiger partial charge in [0, 0.05) is 11.9 Å². The van der Waals surface area contributed by atoms with Crippen LogP contribution in [-0.2, 0) is 20.2 Å². The van der Waals surface area contributed by atoms with E-state index in [-0.39, 0.29) is 6.17 Å². The van der Waals surface area contributed by atoms with E-state index in [0.29, 0.717) is 4.64 Å². The molecule has 1 aromatic rings. The monoisotopic (exact) mass is 345 g/mol. The van der Waals surface area contributed by atoms with Crippen LogP contribution in [0, 0.1) is 11.6 Å². The van der Waals surface area contributed by atoms with E-state index in [1.54, 1.807) is 29.7 Å². The SMILES string of the molecule is Cc1cccc(=S)n1C[Si](C)(C)OS(=O)(=O)C(F)(F)F. The minimum Gasteiger partial charge on any atom is -0.337 e. The third-order valence-electron chi connectivity index (χ3n) is 2.43. The third kappa shape index (κ3) is 4.14. The molecule has 0 unspecified atom stereocenters. The van der Waals surface area contributed by atoms with Gasteiger partial charge < -0.3 is 8.44 Å². The second kappa shape index (κ2) is 5.58. The van der Waals surface area contributed by atoms with Crippen molar-refractivity contribution in [3.05, 3.63) is 28.5 Å². The summed E-state index contributed by atoms with van der Waals surface area (Å²) in [5.41, 5.74) is -4.68. The highest BCUT2D eigenvalue weighted by Crippen LogP contribution is 2.28. The van der Waals surface area contributed by atoms with Gasteiger partial charge in [-0.15, -0.1) is 0 Å². The van der Waals surface area contributed by atoms with Crippen LogP contribution in [0.3, 0.4) is 0 Å². The van der Waals surface area contributed by atoms with Crippen LogP contribution in [0.25, 0.3) is 0 Å². The van der Waals surface area contributed by atoms with Crippen LogP contribution < -0.4 is 0 Å². The van der Waals surface area contributed by atoms with E-state index in [0.717, 1.165) is 5.69 Å². The van der Waals surface area contributed by atoms with Gasteiger partial charge in [0.15, 0.2) is 0 Å². The molecule has 0 saturated carbocycles. The highest BCUT2D eigenvalue weighted by molar-refractivity contribution is 7.88. The topological polar surface area (TPSA) is 48.3 Å². The molecule has 0 radical (unpaired) electrons. The maximum atomic E-state index is 12.3. The molecule has 4 nitrogen and oxygen atoms in total. The molecule has 0 aliphatic carbocycles.